The highest BCUT2D eigenvalue weighted by Gasteiger charge is 2.40. The second kappa shape index (κ2) is 3.43. The smallest absolute Gasteiger partial charge is 0.269 e. The number of hydrogen-bond donors (Lipinski definition) is 0. The maximum atomic E-state index is 10.9. The van der Waals surface area contributed by atoms with Crippen LogP contribution in [-0.2, 0) is 14.9 Å². The molecule has 1 aromatic carbocycles. The van der Waals surface area contributed by atoms with Gasteiger partial charge < -0.3 is 9.53 Å². The number of carbonyl (C=O) groups is 1. The third-order valence-corrected chi connectivity index (χ3v) is 2.58. The number of nitro groups is 1. The molecule has 78 valence electrons. The van der Waals surface area contributed by atoms with Crippen LogP contribution in [0.4, 0.5) is 5.69 Å². The lowest BCUT2D eigenvalue weighted by atomic mass is 9.80. The molecule has 5 heteroatoms. The number of rotatable bonds is 3. The van der Waals surface area contributed by atoms with Crippen molar-refractivity contribution in [1.29, 1.82) is 0 Å². The third kappa shape index (κ3) is 1.50. The lowest BCUT2D eigenvalue weighted by Crippen LogP contribution is -2.48. The van der Waals surface area contributed by atoms with E-state index in [2.05, 4.69) is 0 Å². The van der Waals surface area contributed by atoms with E-state index in [1.54, 1.807) is 12.1 Å². The normalized spacial score (nSPS) is 17.9. The van der Waals surface area contributed by atoms with E-state index in [1.807, 2.05) is 0 Å². The number of nitrogens with zero attached hydrogens (tertiary/aromatic N) is 1. The second-order valence-corrected chi connectivity index (χ2v) is 3.57. The standard InChI is InChI=1S/C10H9NO4/c12-5-10(6-15-7-10)8-2-1-3-9(4-8)11(13)14/h1-5H,6-7H2. The molecule has 1 aliphatic heterocycles. The fraction of sp³-hybridized carbons (Fsp3) is 0.300. The molecule has 0 aliphatic carbocycles. The molecule has 0 saturated carbocycles. The molecule has 1 heterocycles. The first-order chi connectivity index (χ1) is 7.18. The topological polar surface area (TPSA) is 69.4 Å². The number of benzene rings is 1. The Labute approximate surface area is 85.8 Å². The van der Waals surface area contributed by atoms with Gasteiger partial charge in [-0.05, 0) is 5.56 Å². The molecule has 0 aromatic heterocycles. The van der Waals surface area contributed by atoms with Crippen LogP contribution in [0, 0.1) is 10.1 Å². The molecule has 15 heavy (non-hydrogen) atoms. The van der Waals surface area contributed by atoms with Crippen molar-refractivity contribution in [2.45, 2.75) is 5.41 Å². The average Bonchev–Trinajstić information content (AvgIpc) is 2.17. The van der Waals surface area contributed by atoms with Gasteiger partial charge in [0.15, 0.2) is 0 Å². The lowest BCUT2D eigenvalue weighted by molar-refractivity contribution is -0.385. The first kappa shape index (κ1) is 9.79. The van der Waals surface area contributed by atoms with Crippen LogP contribution in [0.25, 0.3) is 0 Å². The SMILES string of the molecule is O=CC1(c2cccc([N+](=O)[O-])c2)COC1. The van der Waals surface area contributed by atoms with Gasteiger partial charge in [-0.15, -0.1) is 0 Å². The largest absolute Gasteiger partial charge is 0.379 e. The van der Waals surface area contributed by atoms with Gasteiger partial charge >= 0.3 is 0 Å². The fourth-order valence-corrected chi connectivity index (χ4v) is 1.55. The van der Waals surface area contributed by atoms with Gasteiger partial charge in [0.1, 0.15) is 6.29 Å². The Bertz CT molecular complexity index is 412. The summed E-state index contributed by atoms with van der Waals surface area (Å²) in [7, 11) is 0. The quantitative estimate of drug-likeness (QED) is 0.422. The van der Waals surface area contributed by atoms with E-state index in [0.29, 0.717) is 18.8 Å². The van der Waals surface area contributed by atoms with Crippen molar-refractivity contribution in [2.75, 3.05) is 13.2 Å². The minimum absolute atomic E-state index is 0.000579. The van der Waals surface area contributed by atoms with E-state index in [0.717, 1.165) is 6.29 Å². The lowest BCUT2D eigenvalue weighted by Gasteiger charge is -2.36. The predicted molar refractivity (Wildman–Crippen MR) is 51.7 cm³/mol. The summed E-state index contributed by atoms with van der Waals surface area (Å²) < 4.78 is 4.98. The zero-order valence-corrected chi connectivity index (χ0v) is 7.88. The summed E-state index contributed by atoms with van der Waals surface area (Å²) in [5.74, 6) is 0. The highest BCUT2D eigenvalue weighted by molar-refractivity contribution is 5.71. The molecule has 1 fully saturated rings. The second-order valence-electron chi connectivity index (χ2n) is 3.57. The van der Waals surface area contributed by atoms with Crippen LogP contribution in [0.1, 0.15) is 5.56 Å². The van der Waals surface area contributed by atoms with Crippen LogP contribution in [0.2, 0.25) is 0 Å². The maximum Gasteiger partial charge on any atom is 0.269 e. The minimum atomic E-state index is -0.675. The molecule has 0 unspecified atom stereocenters. The van der Waals surface area contributed by atoms with Crippen molar-refractivity contribution in [2.24, 2.45) is 0 Å². The van der Waals surface area contributed by atoms with Gasteiger partial charge in [0, 0.05) is 12.1 Å². The third-order valence-electron chi connectivity index (χ3n) is 2.58. The molecule has 0 spiro atoms. The zero-order valence-electron chi connectivity index (χ0n) is 7.88. The van der Waals surface area contributed by atoms with E-state index < -0.39 is 10.3 Å². The molecule has 1 saturated heterocycles. The first-order valence-corrected chi connectivity index (χ1v) is 4.47. The Morgan fingerprint density at radius 3 is 2.67 bits per heavy atom. The molecule has 5 nitrogen and oxygen atoms in total. The molecular formula is C10H9NO4. The van der Waals surface area contributed by atoms with Crippen molar-refractivity contribution >= 4 is 12.0 Å². The van der Waals surface area contributed by atoms with Crippen molar-refractivity contribution in [3.8, 4) is 0 Å². The summed E-state index contributed by atoms with van der Waals surface area (Å²) in [5.41, 5.74) is -0.0231. The van der Waals surface area contributed by atoms with Gasteiger partial charge in [0.25, 0.3) is 5.69 Å². The predicted octanol–water partition coefficient (Wildman–Crippen LogP) is 1.06. The summed E-state index contributed by atoms with van der Waals surface area (Å²) >= 11 is 0. The van der Waals surface area contributed by atoms with Crippen LogP contribution in [0.5, 0.6) is 0 Å². The Balaban J connectivity index is 2.40. The van der Waals surface area contributed by atoms with E-state index >= 15 is 0 Å². The number of nitro benzene ring substituents is 1. The average molecular weight is 207 g/mol. The molecule has 0 radical (unpaired) electrons. The van der Waals surface area contributed by atoms with Crippen molar-refractivity contribution in [3.63, 3.8) is 0 Å². The van der Waals surface area contributed by atoms with Gasteiger partial charge in [0.2, 0.25) is 0 Å². The van der Waals surface area contributed by atoms with E-state index in [9.17, 15) is 14.9 Å². The molecule has 0 atom stereocenters. The van der Waals surface area contributed by atoms with E-state index in [1.165, 1.54) is 12.1 Å². The van der Waals surface area contributed by atoms with Gasteiger partial charge in [-0.25, -0.2) is 0 Å². The molecule has 1 aromatic rings. The maximum absolute atomic E-state index is 10.9. The highest BCUT2D eigenvalue weighted by atomic mass is 16.6. The fourth-order valence-electron chi connectivity index (χ4n) is 1.55. The van der Waals surface area contributed by atoms with Crippen LogP contribution >= 0.6 is 0 Å². The summed E-state index contributed by atoms with van der Waals surface area (Å²) in [6, 6.07) is 6.12. The molecule has 0 N–H and O–H groups in total. The monoisotopic (exact) mass is 207 g/mol. The Morgan fingerprint density at radius 2 is 2.20 bits per heavy atom. The number of aldehydes is 1. The van der Waals surface area contributed by atoms with Crippen LogP contribution in [-0.4, -0.2) is 24.4 Å². The molecule has 1 aliphatic rings. The van der Waals surface area contributed by atoms with Crippen LogP contribution in [0.15, 0.2) is 24.3 Å². The van der Waals surface area contributed by atoms with Crippen LogP contribution in [0.3, 0.4) is 0 Å². The van der Waals surface area contributed by atoms with E-state index in [4.69, 9.17) is 4.74 Å². The van der Waals surface area contributed by atoms with E-state index in [-0.39, 0.29) is 5.69 Å². The first-order valence-electron chi connectivity index (χ1n) is 4.47. The van der Waals surface area contributed by atoms with Gasteiger partial charge in [0.05, 0.1) is 23.6 Å². The minimum Gasteiger partial charge on any atom is -0.379 e. The Morgan fingerprint density at radius 1 is 1.47 bits per heavy atom. The number of carbonyl (C=O) groups excluding carboxylic acids is 1. The summed E-state index contributed by atoms with van der Waals surface area (Å²) in [6.45, 7) is 0.606. The molecule has 0 bridgehead atoms. The Hall–Kier alpha value is -1.75. The van der Waals surface area contributed by atoms with Gasteiger partial charge in [-0.1, -0.05) is 12.1 Å². The summed E-state index contributed by atoms with van der Waals surface area (Å²) in [5, 5.41) is 10.6. The van der Waals surface area contributed by atoms with Crippen LogP contribution < -0.4 is 0 Å². The van der Waals surface area contributed by atoms with Gasteiger partial charge in [-0.3, -0.25) is 10.1 Å². The van der Waals surface area contributed by atoms with Crippen molar-refractivity contribution in [1.82, 2.24) is 0 Å². The number of ether oxygens (including phenoxy) is 1. The summed E-state index contributed by atoms with van der Waals surface area (Å²) in [4.78, 5) is 21.0. The zero-order chi connectivity index (χ0) is 10.9. The molecule has 0 amide bonds. The Kier molecular flexibility index (Phi) is 2.24. The van der Waals surface area contributed by atoms with Gasteiger partial charge in [-0.2, -0.15) is 0 Å². The van der Waals surface area contributed by atoms with Crippen molar-refractivity contribution in [3.05, 3.63) is 39.9 Å². The highest BCUT2D eigenvalue weighted by Crippen LogP contribution is 2.31. The summed E-state index contributed by atoms with van der Waals surface area (Å²) in [6.07, 6.45) is 0.801. The van der Waals surface area contributed by atoms with Crippen molar-refractivity contribution < 1.29 is 14.5 Å². The number of non-ortho nitro benzene ring substituents is 1. The number of hydrogen-bond acceptors (Lipinski definition) is 4. The molecular weight excluding hydrogens is 198 g/mol. The molecule has 2 rings (SSSR count).